The fourth-order valence-electron chi connectivity index (χ4n) is 1.37. The Bertz CT molecular complexity index is 661. The van der Waals surface area contributed by atoms with Crippen molar-refractivity contribution in [3.05, 3.63) is 23.9 Å². The molecule has 0 aliphatic carbocycles. The molecule has 0 radical (unpaired) electrons. The Labute approximate surface area is 137 Å². The summed E-state index contributed by atoms with van der Waals surface area (Å²) < 4.78 is 41.2. The third-order valence-electron chi connectivity index (χ3n) is 2.28. The molecule has 2 heterocycles. The summed E-state index contributed by atoms with van der Waals surface area (Å²) in [6.07, 6.45) is -3.31. The maximum atomic E-state index is 12.0. The molecule has 0 spiro atoms. The van der Waals surface area contributed by atoms with Crippen LogP contribution in [0.5, 0.6) is 5.88 Å². The first-order valence-electron chi connectivity index (χ1n) is 6.30. The summed E-state index contributed by atoms with van der Waals surface area (Å²) >= 11 is 2.73. The van der Waals surface area contributed by atoms with Crippen molar-refractivity contribution in [2.24, 2.45) is 0 Å². The van der Waals surface area contributed by atoms with Crippen LogP contribution in [0.3, 0.4) is 0 Å². The van der Waals surface area contributed by atoms with E-state index in [0.29, 0.717) is 5.13 Å². The number of carbonyl (C=O) groups is 1. The van der Waals surface area contributed by atoms with E-state index in [1.807, 2.05) is 6.92 Å². The molecule has 23 heavy (non-hydrogen) atoms. The average molecular weight is 364 g/mol. The summed E-state index contributed by atoms with van der Waals surface area (Å²) in [5, 5.41) is 10.6. The number of thioether (sulfide) groups is 1. The largest absolute Gasteiger partial charge is 0.468 e. The minimum absolute atomic E-state index is 0.171. The molecular formula is C12H11F3N4O2S2. The molecule has 2 aromatic rings. The van der Waals surface area contributed by atoms with E-state index in [0.717, 1.165) is 16.3 Å². The maximum Gasteiger partial charge on any atom is 0.422 e. The van der Waals surface area contributed by atoms with Gasteiger partial charge in [-0.15, -0.1) is 10.2 Å². The molecule has 0 bridgehead atoms. The van der Waals surface area contributed by atoms with Crippen molar-refractivity contribution >= 4 is 34.1 Å². The quantitative estimate of drug-likeness (QED) is 0.626. The Morgan fingerprint density at radius 2 is 2.17 bits per heavy atom. The number of nitrogens with one attached hydrogen (secondary N) is 1. The van der Waals surface area contributed by atoms with E-state index >= 15 is 0 Å². The first-order valence-corrected chi connectivity index (χ1v) is 8.11. The van der Waals surface area contributed by atoms with Crippen molar-refractivity contribution in [3.63, 3.8) is 0 Å². The minimum Gasteiger partial charge on any atom is -0.468 e. The number of pyridine rings is 1. The number of aromatic nitrogens is 3. The van der Waals surface area contributed by atoms with Crippen LogP contribution in [-0.2, 0) is 0 Å². The van der Waals surface area contributed by atoms with Crippen LogP contribution >= 0.6 is 23.1 Å². The number of ether oxygens (including phenoxy) is 1. The van der Waals surface area contributed by atoms with Crippen LogP contribution in [0.1, 0.15) is 17.3 Å². The van der Waals surface area contributed by atoms with Gasteiger partial charge in [0.15, 0.2) is 10.9 Å². The van der Waals surface area contributed by atoms with Crippen LogP contribution in [0, 0.1) is 0 Å². The predicted octanol–water partition coefficient (Wildman–Crippen LogP) is 3.24. The van der Waals surface area contributed by atoms with Crippen LogP contribution in [0.4, 0.5) is 18.3 Å². The molecule has 0 aliphatic rings. The lowest BCUT2D eigenvalue weighted by Crippen LogP contribution is -2.19. The monoisotopic (exact) mass is 364 g/mol. The number of carbonyl (C=O) groups excluding carboxylic acids is 1. The molecule has 6 nitrogen and oxygen atoms in total. The lowest BCUT2D eigenvalue weighted by atomic mass is 10.3. The molecular weight excluding hydrogens is 353 g/mol. The molecule has 0 saturated heterocycles. The molecule has 1 amide bonds. The predicted molar refractivity (Wildman–Crippen MR) is 80.0 cm³/mol. The lowest BCUT2D eigenvalue weighted by molar-refractivity contribution is -0.154. The van der Waals surface area contributed by atoms with Crippen molar-refractivity contribution < 1.29 is 22.7 Å². The summed E-state index contributed by atoms with van der Waals surface area (Å²) in [4.78, 5) is 15.6. The zero-order chi connectivity index (χ0) is 16.9. The molecule has 124 valence electrons. The summed E-state index contributed by atoms with van der Waals surface area (Å²) in [7, 11) is 0. The zero-order valence-corrected chi connectivity index (χ0v) is 13.4. The highest BCUT2D eigenvalue weighted by atomic mass is 32.2. The number of nitrogens with zero attached hydrogens (tertiary/aromatic N) is 3. The highest BCUT2D eigenvalue weighted by molar-refractivity contribution is 8.01. The topological polar surface area (TPSA) is 77.0 Å². The van der Waals surface area contributed by atoms with E-state index in [1.54, 1.807) is 0 Å². The standard InChI is InChI=1S/C12H11F3N4O2S2/c1-2-22-11-19-18-10(23-11)17-9(20)7-3-4-8(16-5-7)21-6-12(13,14)15/h3-5H,2,6H2,1H3,(H,17,18,20). The van der Waals surface area contributed by atoms with Crippen LogP contribution in [0.25, 0.3) is 0 Å². The van der Waals surface area contributed by atoms with Gasteiger partial charge in [0.05, 0.1) is 5.56 Å². The number of alkyl halides is 3. The van der Waals surface area contributed by atoms with E-state index < -0.39 is 18.7 Å². The van der Waals surface area contributed by atoms with Crippen molar-refractivity contribution in [2.75, 3.05) is 17.7 Å². The Hall–Kier alpha value is -1.88. The second kappa shape index (κ2) is 7.59. The molecule has 0 aromatic carbocycles. The molecule has 11 heteroatoms. The minimum atomic E-state index is -4.44. The normalized spacial score (nSPS) is 11.3. The Balaban J connectivity index is 1.94. The number of hydrogen-bond acceptors (Lipinski definition) is 7. The second-order valence-corrected chi connectivity index (χ2v) is 6.54. The molecule has 0 unspecified atom stereocenters. The van der Waals surface area contributed by atoms with Gasteiger partial charge in [-0.25, -0.2) is 4.98 Å². The maximum absolute atomic E-state index is 12.0. The van der Waals surface area contributed by atoms with Crippen LogP contribution < -0.4 is 10.1 Å². The van der Waals surface area contributed by atoms with Crippen molar-refractivity contribution in [1.82, 2.24) is 15.2 Å². The Morgan fingerprint density at radius 3 is 2.78 bits per heavy atom. The molecule has 0 atom stereocenters. The van der Waals surface area contributed by atoms with E-state index in [9.17, 15) is 18.0 Å². The van der Waals surface area contributed by atoms with Crippen LogP contribution in [0.2, 0.25) is 0 Å². The van der Waals surface area contributed by atoms with Gasteiger partial charge in [-0.1, -0.05) is 30.0 Å². The third-order valence-corrected chi connectivity index (χ3v) is 4.13. The van der Waals surface area contributed by atoms with Gasteiger partial charge in [0.2, 0.25) is 11.0 Å². The van der Waals surface area contributed by atoms with E-state index in [4.69, 9.17) is 0 Å². The molecule has 0 fully saturated rings. The number of anilines is 1. The summed E-state index contributed by atoms with van der Waals surface area (Å²) in [5.41, 5.74) is 0.171. The second-order valence-electron chi connectivity index (χ2n) is 4.05. The molecule has 0 aliphatic heterocycles. The number of amides is 1. The van der Waals surface area contributed by atoms with Crippen molar-refractivity contribution in [1.29, 1.82) is 0 Å². The number of halogens is 3. The van der Waals surface area contributed by atoms with Gasteiger partial charge >= 0.3 is 6.18 Å². The van der Waals surface area contributed by atoms with Gasteiger partial charge in [-0.05, 0) is 11.8 Å². The first-order chi connectivity index (χ1) is 10.9. The highest BCUT2D eigenvalue weighted by Crippen LogP contribution is 2.25. The molecule has 2 aromatic heterocycles. The van der Waals surface area contributed by atoms with Gasteiger partial charge in [-0.2, -0.15) is 13.2 Å². The SMILES string of the molecule is CCSc1nnc(NC(=O)c2ccc(OCC(F)(F)F)nc2)s1. The van der Waals surface area contributed by atoms with E-state index in [1.165, 1.54) is 35.2 Å². The molecule has 0 saturated carbocycles. The number of hydrogen-bond donors (Lipinski definition) is 1. The zero-order valence-electron chi connectivity index (χ0n) is 11.8. The van der Waals surface area contributed by atoms with E-state index in [2.05, 4.69) is 25.2 Å². The van der Waals surface area contributed by atoms with E-state index in [-0.39, 0.29) is 11.4 Å². The summed E-state index contributed by atoms with van der Waals surface area (Å²) in [5.74, 6) is 0.145. The van der Waals surface area contributed by atoms with Gasteiger partial charge in [0.1, 0.15) is 0 Å². The van der Waals surface area contributed by atoms with Crippen molar-refractivity contribution in [2.45, 2.75) is 17.4 Å². The van der Waals surface area contributed by atoms with Gasteiger partial charge in [0, 0.05) is 12.3 Å². The van der Waals surface area contributed by atoms with Gasteiger partial charge in [0.25, 0.3) is 5.91 Å². The number of rotatable bonds is 6. The van der Waals surface area contributed by atoms with Crippen LogP contribution in [0.15, 0.2) is 22.7 Å². The third kappa shape index (κ3) is 5.67. The fourth-order valence-corrected chi connectivity index (χ4v) is 3.01. The van der Waals surface area contributed by atoms with Gasteiger partial charge in [-0.3, -0.25) is 10.1 Å². The summed E-state index contributed by atoms with van der Waals surface area (Å²) in [6.45, 7) is 0.534. The van der Waals surface area contributed by atoms with Crippen molar-refractivity contribution in [3.8, 4) is 5.88 Å². The molecule has 1 N–H and O–H groups in total. The Morgan fingerprint density at radius 1 is 1.39 bits per heavy atom. The van der Waals surface area contributed by atoms with Crippen LogP contribution in [-0.4, -0.2) is 39.6 Å². The lowest BCUT2D eigenvalue weighted by Gasteiger charge is -2.08. The fraction of sp³-hybridized carbons (Fsp3) is 0.333. The molecule has 2 rings (SSSR count). The average Bonchev–Trinajstić information content (AvgIpc) is 2.92. The first kappa shape index (κ1) is 17.5. The summed E-state index contributed by atoms with van der Waals surface area (Å²) in [6, 6.07) is 2.51. The highest BCUT2D eigenvalue weighted by Gasteiger charge is 2.28. The Kier molecular flexibility index (Phi) is 5.77. The smallest absolute Gasteiger partial charge is 0.422 e. The van der Waals surface area contributed by atoms with Gasteiger partial charge < -0.3 is 4.74 Å².